The minimum absolute atomic E-state index is 0.237. The van der Waals surface area contributed by atoms with E-state index in [9.17, 15) is 4.79 Å². The minimum Gasteiger partial charge on any atom is -0.297 e. The van der Waals surface area contributed by atoms with E-state index in [1.807, 2.05) is 6.07 Å². The number of hydrogen-bond donors (Lipinski definition) is 0. The van der Waals surface area contributed by atoms with Gasteiger partial charge in [-0.25, -0.2) is 0 Å². The van der Waals surface area contributed by atoms with Gasteiger partial charge in [0.1, 0.15) is 0 Å². The van der Waals surface area contributed by atoms with Gasteiger partial charge in [-0.05, 0) is 43.6 Å². The zero-order valence-electron chi connectivity index (χ0n) is 13.4. The van der Waals surface area contributed by atoms with Crippen molar-refractivity contribution in [1.29, 1.82) is 0 Å². The molecule has 0 saturated heterocycles. The Bertz CT molecular complexity index is 480. The van der Waals surface area contributed by atoms with Crippen molar-refractivity contribution in [2.75, 3.05) is 13.1 Å². The Hall–Kier alpha value is -0.570. The molecule has 0 aliphatic rings. The van der Waals surface area contributed by atoms with Gasteiger partial charge in [-0.2, -0.15) is 0 Å². The van der Waals surface area contributed by atoms with Crippen molar-refractivity contribution in [2.24, 2.45) is 0 Å². The van der Waals surface area contributed by atoms with Crippen molar-refractivity contribution < 1.29 is 4.79 Å². The fourth-order valence-electron chi connectivity index (χ4n) is 3.10. The molecule has 0 atom stereocenters. The molecule has 0 aliphatic heterocycles. The third kappa shape index (κ3) is 4.00. The van der Waals surface area contributed by atoms with Gasteiger partial charge in [-0.15, -0.1) is 0 Å². The van der Waals surface area contributed by atoms with E-state index in [-0.39, 0.29) is 5.78 Å². The number of carbonyl (C=O) groups is 1. The van der Waals surface area contributed by atoms with Gasteiger partial charge < -0.3 is 0 Å². The van der Waals surface area contributed by atoms with Crippen molar-refractivity contribution in [3.8, 4) is 0 Å². The Morgan fingerprint density at radius 1 is 1.10 bits per heavy atom. The summed E-state index contributed by atoms with van der Waals surface area (Å²) >= 11 is 12.1. The van der Waals surface area contributed by atoms with Crippen molar-refractivity contribution in [3.63, 3.8) is 0 Å². The normalized spacial score (nSPS) is 12.0. The molecular formula is C17H25Cl2NO. The van der Waals surface area contributed by atoms with Crippen LogP contribution in [-0.4, -0.2) is 29.3 Å². The predicted octanol–water partition coefficient (Wildman–Crippen LogP) is 5.01. The smallest absolute Gasteiger partial charge is 0.157 e. The zero-order valence-corrected chi connectivity index (χ0v) is 14.9. The molecule has 1 rings (SSSR count). The summed E-state index contributed by atoms with van der Waals surface area (Å²) in [5.74, 6) is 0.237. The van der Waals surface area contributed by atoms with Crippen LogP contribution in [0.1, 0.15) is 46.1 Å². The molecule has 0 heterocycles. The Balaban J connectivity index is 3.07. The van der Waals surface area contributed by atoms with Crippen LogP contribution in [0.25, 0.3) is 0 Å². The Kier molecular flexibility index (Phi) is 7.19. The Morgan fingerprint density at radius 2 is 1.67 bits per heavy atom. The molecule has 0 spiro atoms. The second kappa shape index (κ2) is 8.17. The number of benzene rings is 1. The number of likely N-dealkylation sites (N-methyl/N-ethyl adjacent to an activating group) is 1. The first-order valence-electron chi connectivity index (χ1n) is 7.67. The minimum atomic E-state index is -0.396. The number of Topliss-reactive ketones (excluding diaryl/α,β-unsaturated/α-hetero) is 1. The molecule has 21 heavy (non-hydrogen) atoms. The number of carbonyl (C=O) groups excluding carboxylic acids is 1. The van der Waals surface area contributed by atoms with Crippen LogP contribution in [0.3, 0.4) is 0 Å². The first-order chi connectivity index (χ1) is 9.94. The Labute approximate surface area is 138 Å². The van der Waals surface area contributed by atoms with E-state index in [4.69, 9.17) is 23.2 Å². The highest BCUT2D eigenvalue weighted by molar-refractivity contribution is 6.35. The van der Waals surface area contributed by atoms with Crippen LogP contribution in [0, 0.1) is 0 Å². The molecule has 0 saturated carbocycles. The van der Waals surface area contributed by atoms with E-state index >= 15 is 0 Å². The van der Waals surface area contributed by atoms with E-state index in [0.717, 1.165) is 31.5 Å². The van der Waals surface area contributed by atoms with Gasteiger partial charge in [-0.1, -0.05) is 57.0 Å². The highest BCUT2D eigenvalue weighted by Gasteiger charge is 2.38. The summed E-state index contributed by atoms with van der Waals surface area (Å²) in [6, 6.07) is 5.33. The molecule has 0 aliphatic carbocycles. The van der Waals surface area contributed by atoms with E-state index in [1.54, 1.807) is 12.1 Å². The van der Waals surface area contributed by atoms with Crippen LogP contribution in [0.2, 0.25) is 10.0 Å². The molecule has 0 aromatic heterocycles. The molecule has 118 valence electrons. The number of halogens is 2. The third-order valence-corrected chi connectivity index (χ3v) is 5.01. The van der Waals surface area contributed by atoms with E-state index in [1.165, 1.54) is 0 Å². The number of nitrogens with zero attached hydrogens (tertiary/aromatic N) is 1. The summed E-state index contributed by atoms with van der Waals surface area (Å²) in [6.07, 6.45) is 1.98. The lowest BCUT2D eigenvalue weighted by atomic mass is 9.83. The van der Waals surface area contributed by atoms with Gasteiger partial charge in [-0.3, -0.25) is 9.69 Å². The summed E-state index contributed by atoms with van der Waals surface area (Å²) in [5, 5.41) is 1.16. The maximum atomic E-state index is 13.0. The first-order valence-corrected chi connectivity index (χ1v) is 8.42. The molecule has 1 aromatic rings. The van der Waals surface area contributed by atoms with Gasteiger partial charge >= 0.3 is 0 Å². The topological polar surface area (TPSA) is 20.3 Å². The van der Waals surface area contributed by atoms with Crippen LogP contribution < -0.4 is 0 Å². The largest absolute Gasteiger partial charge is 0.297 e. The van der Waals surface area contributed by atoms with Crippen molar-refractivity contribution in [3.05, 3.63) is 33.8 Å². The molecule has 0 N–H and O–H groups in total. The van der Waals surface area contributed by atoms with Gasteiger partial charge in [0.05, 0.1) is 5.54 Å². The second-order valence-corrected chi connectivity index (χ2v) is 6.09. The van der Waals surface area contributed by atoms with Crippen LogP contribution in [0.5, 0.6) is 0 Å². The summed E-state index contributed by atoms with van der Waals surface area (Å²) in [7, 11) is 0. The summed E-state index contributed by atoms with van der Waals surface area (Å²) in [5.41, 5.74) is 0.455. The third-order valence-electron chi connectivity index (χ3n) is 4.42. The van der Waals surface area contributed by atoms with Gasteiger partial charge in [0.15, 0.2) is 5.78 Å². The summed E-state index contributed by atoms with van der Waals surface area (Å²) < 4.78 is 0. The SMILES string of the molecule is CCN(CC)C(CC)(CC)C(=O)Cc1ccc(Cl)cc1Cl. The fraction of sp³-hybridized carbons (Fsp3) is 0.588. The van der Waals surface area contributed by atoms with Crippen molar-refractivity contribution in [2.45, 2.75) is 52.5 Å². The number of ketones is 1. The molecule has 4 heteroatoms. The maximum Gasteiger partial charge on any atom is 0.157 e. The summed E-state index contributed by atoms with van der Waals surface area (Å²) in [4.78, 5) is 15.2. The Morgan fingerprint density at radius 3 is 2.10 bits per heavy atom. The highest BCUT2D eigenvalue weighted by Crippen LogP contribution is 2.29. The lowest BCUT2D eigenvalue weighted by Crippen LogP contribution is -2.54. The fourth-order valence-corrected chi connectivity index (χ4v) is 3.57. The van der Waals surface area contributed by atoms with Crippen LogP contribution in [-0.2, 0) is 11.2 Å². The molecule has 0 radical (unpaired) electrons. The second-order valence-electron chi connectivity index (χ2n) is 5.25. The van der Waals surface area contributed by atoms with E-state index < -0.39 is 5.54 Å². The zero-order chi connectivity index (χ0) is 16.0. The summed E-state index contributed by atoms with van der Waals surface area (Å²) in [6.45, 7) is 10.1. The van der Waals surface area contributed by atoms with Gasteiger partial charge in [0, 0.05) is 16.5 Å². The van der Waals surface area contributed by atoms with Gasteiger partial charge in [0.2, 0.25) is 0 Å². The molecule has 2 nitrogen and oxygen atoms in total. The number of rotatable bonds is 8. The molecule has 0 unspecified atom stereocenters. The average molecular weight is 330 g/mol. The van der Waals surface area contributed by atoms with Crippen LogP contribution >= 0.6 is 23.2 Å². The number of hydrogen-bond acceptors (Lipinski definition) is 2. The molecule has 1 aromatic carbocycles. The van der Waals surface area contributed by atoms with Crippen molar-refractivity contribution in [1.82, 2.24) is 4.90 Å². The van der Waals surface area contributed by atoms with Crippen molar-refractivity contribution >= 4 is 29.0 Å². The van der Waals surface area contributed by atoms with Crippen LogP contribution in [0.15, 0.2) is 18.2 Å². The van der Waals surface area contributed by atoms with Crippen LogP contribution in [0.4, 0.5) is 0 Å². The van der Waals surface area contributed by atoms with E-state index in [2.05, 4.69) is 32.6 Å². The van der Waals surface area contributed by atoms with Gasteiger partial charge in [0.25, 0.3) is 0 Å². The lowest BCUT2D eigenvalue weighted by Gasteiger charge is -2.41. The maximum absolute atomic E-state index is 13.0. The predicted molar refractivity (Wildman–Crippen MR) is 91.4 cm³/mol. The molecular weight excluding hydrogens is 305 g/mol. The monoisotopic (exact) mass is 329 g/mol. The standard InChI is InChI=1S/C17H25Cl2NO/c1-5-17(6-2,20(7-3)8-4)16(21)11-13-9-10-14(18)12-15(13)19/h9-10,12H,5-8,11H2,1-4H3. The lowest BCUT2D eigenvalue weighted by molar-refractivity contribution is -0.131. The highest BCUT2D eigenvalue weighted by atomic mass is 35.5. The molecule has 0 bridgehead atoms. The molecule has 0 amide bonds. The van der Waals surface area contributed by atoms with E-state index in [0.29, 0.717) is 16.5 Å². The average Bonchev–Trinajstić information content (AvgIpc) is 2.47. The first kappa shape index (κ1) is 18.5. The molecule has 0 fully saturated rings. The quantitative estimate of drug-likeness (QED) is 0.668.